The van der Waals surface area contributed by atoms with Crippen molar-refractivity contribution in [3.05, 3.63) is 64.7 Å². The molecule has 0 aliphatic rings. The third kappa shape index (κ3) is 2.90. The number of esters is 1. The second kappa shape index (κ2) is 6.60. The summed E-state index contributed by atoms with van der Waals surface area (Å²) in [6, 6.07) is 15.7. The van der Waals surface area contributed by atoms with Crippen LogP contribution in [-0.4, -0.2) is 23.8 Å². The predicted octanol–water partition coefficient (Wildman–Crippen LogP) is 3.57. The lowest BCUT2D eigenvalue weighted by molar-refractivity contribution is 0.0600. The van der Waals surface area contributed by atoms with E-state index in [-0.39, 0.29) is 16.9 Å². The molecule has 0 fully saturated rings. The summed E-state index contributed by atoms with van der Waals surface area (Å²) in [6.07, 6.45) is 0. The number of fused-ring (bicyclic) bond motifs is 1. The Kier molecular flexibility index (Phi) is 4.36. The molecule has 0 saturated heterocycles. The molecule has 1 aromatic heterocycles. The zero-order valence-corrected chi connectivity index (χ0v) is 13.5. The van der Waals surface area contributed by atoms with Crippen molar-refractivity contribution in [1.29, 1.82) is 5.26 Å². The van der Waals surface area contributed by atoms with Crippen molar-refractivity contribution < 1.29 is 14.3 Å². The molecule has 3 rings (SSSR count). The van der Waals surface area contributed by atoms with E-state index in [1.54, 1.807) is 18.2 Å². The van der Waals surface area contributed by atoms with Gasteiger partial charge in [-0.1, -0.05) is 24.3 Å². The standard InChI is InChI=1S/C18H12N2O3S/c1-23-18(22)12-6-4-5-11(9-12)16(21)13(10-19)17-20-14-7-2-3-8-15(14)24-17/h2-9,13H,1H3/t13-/m0/s1. The minimum Gasteiger partial charge on any atom is -0.465 e. The Balaban J connectivity index is 1.98. The number of thiazole rings is 1. The number of aromatic nitrogens is 1. The highest BCUT2D eigenvalue weighted by Crippen LogP contribution is 2.29. The summed E-state index contributed by atoms with van der Waals surface area (Å²) in [5, 5.41) is 9.92. The third-order valence-electron chi connectivity index (χ3n) is 3.52. The molecule has 0 bridgehead atoms. The van der Waals surface area contributed by atoms with Crippen LogP contribution < -0.4 is 0 Å². The van der Waals surface area contributed by atoms with Crippen LogP contribution in [-0.2, 0) is 4.74 Å². The SMILES string of the molecule is COC(=O)c1cccc(C(=O)[C@H](C#N)c2nc3ccccc3s2)c1. The van der Waals surface area contributed by atoms with Gasteiger partial charge in [0.05, 0.1) is 29.0 Å². The van der Waals surface area contributed by atoms with E-state index in [0.717, 1.165) is 10.2 Å². The minimum atomic E-state index is -1.00. The number of carbonyl (C=O) groups is 2. The van der Waals surface area contributed by atoms with Crippen LogP contribution in [0.3, 0.4) is 0 Å². The number of ether oxygens (including phenoxy) is 1. The van der Waals surface area contributed by atoms with Crippen LogP contribution >= 0.6 is 11.3 Å². The first kappa shape index (κ1) is 15.8. The number of hydrogen-bond donors (Lipinski definition) is 0. The number of hydrogen-bond acceptors (Lipinski definition) is 6. The Labute approximate surface area is 142 Å². The van der Waals surface area contributed by atoms with Crippen molar-refractivity contribution >= 4 is 33.3 Å². The normalized spacial score (nSPS) is 11.7. The van der Waals surface area contributed by atoms with E-state index in [4.69, 9.17) is 0 Å². The Morgan fingerprint density at radius 3 is 2.62 bits per heavy atom. The molecule has 0 radical (unpaired) electrons. The average molecular weight is 336 g/mol. The molecule has 3 aromatic rings. The maximum atomic E-state index is 12.7. The summed E-state index contributed by atoms with van der Waals surface area (Å²) >= 11 is 1.32. The number of carbonyl (C=O) groups excluding carboxylic acids is 2. The van der Waals surface area contributed by atoms with Gasteiger partial charge in [0.15, 0.2) is 11.7 Å². The van der Waals surface area contributed by atoms with Crippen LogP contribution in [0.5, 0.6) is 0 Å². The fourth-order valence-electron chi connectivity index (χ4n) is 2.32. The van der Waals surface area contributed by atoms with Gasteiger partial charge >= 0.3 is 5.97 Å². The van der Waals surface area contributed by atoms with Gasteiger partial charge in [0, 0.05) is 5.56 Å². The Bertz CT molecular complexity index is 939. The zero-order chi connectivity index (χ0) is 17.1. The summed E-state index contributed by atoms with van der Waals surface area (Å²) in [6.45, 7) is 0. The lowest BCUT2D eigenvalue weighted by Crippen LogP contribution is -2.12. The lowest BCUT2D eigenvalue weighted by Gasteiger charge is -2.06. The fourth-order valence-corrected chi connectivity index (χ4v) is 3.34. The maximum absolute atomic E-state index is 12.7. The smallest absolute Gasteiger partial charge is 0.337 e. The molecule has 0 aliphatic carbocycles. The summed E-state index contributed by atoms with van der Waals surface area (Å²) in [5.41, 5.74) is 1.31. The predicted molar refractivity (Wildman–Crippen MR) is 90.1 cm³/mol. The van der Waals surface area contributed by atoms with Crippen molar-refractivity contribution in [2.24, 2.45) is 0 Å². The Hall–Kier alpha value is -3.04. The summed E-state index contributed by atoms with van der Waals surface area (Å²) in [5.74, 6) is -1.92. The first-order chi connectivity index (χ1) is 11.6. The summed E-state index contributed by atoms with van der Waals surface area (Å²) in [7, 11) is 1.27. The highest BCUT2D eigenvalue weighted by molar-refractivity contribution is 7.18. The molecule has 1 heterocycles. The van der Waals surface area contributed by atoms with Crippen molar-refractivity contribution in [2.75, 3.05) is 7.11 Å². The minimum absolute atomic E-state index is 0.268. The van der Waals surface area contributed by atoms with Gasteiger partial charge in [-0.05, 0) is 24.3 Å². The highest BCUT2D eigenvalue weighted by atomic mass is 32.1. The second-order valence-electron chi connectivity index (χ2n) is 5.02. The number of nitrogens with zero attached hydrogens (tertiary/aromatic N) is 2. The Morgan fingerprint density at radius 2 is 1.92 bits per heavy atom. The molecule has 0 aliphatic heterocycles. The van der Waals surface area contributed by atoms with Crippen LogP contribution in [0.4, 0.5) is 0 Å². The molecule has 24 heavy (non-hydrogen) atoms. The van der Waals surface area contributed by atoms with Crippen molar-refractivity contribution in [1.82, 2.24) is 4.98 Å². The van der Waals surface area contributed by atoms with Crippen LogP contribution in [0.1, 0.15) is 31.6 Å². The van der Waals surface area contributed by atoms with E-state index >= 15 is 0 Å². The molecule has 0 N–H and O–H groups in total. The largest absolute Gasteiger partial charge is 0.465 e. The molecule has 0 unspecified atom stereocenters. The van der Waals surface area contributed by atoms with E-state index in [9.17, 15) is 14.9 Å². The van der Waals surface area contributed by atoms with Gasteiger partial charge in [-0.15, -0.1) is 11.3 Å². The summed E-state index contributed by atoms with van der Waals surface area (Å²) < 4.78 is 5.58. The maximum Gasteiger partial charge on any atom is 0.337 e. The van der Waals surface area contributed by atoms with Gasteiger partial charge in [0.1, 0.15) is 5.01 Å². The Morgan fingerprint density at radius 1 is 1.17 bits per heavy atom. The van der Waals surface area contributed by atoms with Gasteiger partial charge in [0.25, 0.3) is 0 Å². The van der Waals surface area contributed by atoms with Gasteiger partial charge in [0.2, 0.25) is 0 Å². The van der Waals surface area contributed by atoms with Crippen LogP contribution in [0.2, 0.25) is 0 Å². The van der Waals surface area contributed by atoms with E-state index in [1.165, 1.54) is 24.5 Å². The average Bonchev–Trinajstić information content (AvgIpc) is 3.05. The number of ketones is 1. The molecule has 0 saturated carbocycles. The highest BCUT2D eigenvalue weighted by Gasteiger charge is 2.26. The van der Waals surface area contributed by atoms with Crippen LogP contribution in [0.15, 0.2) is 48.5 Å². The quantitative estimate of drug-likeness (QED) is 0.537. The van der Waals surface area contributed by atoms with E-state index in [1.807, 2.05) is 30.3 Å². The van der Waals surface area contributed by atoms with Crippen LogP contribution in [0, 0.1) is 11.3 Å². The van der Waals surface area contributed by atoms with Crippen molar-refractivity contribution in [2.45, 2.75) is 5.92 Å². The van der Waals surface area contributed by atoms with Gasteiger partial charge in [-0.2, -0.15) is 5.26 Å². The molecule has 6 heteroatoms. The van der Waals surface area contributed by atoms with E-state index in [2.05, 4.69) is 9.72 Å². The van der Waals surface area contributed by atoms with Crippen molar-refractivity contribution in [3.63, 3.8) is 0 Å². The second-order valence-corrected chi connectivity index (χ2v) is 6.08. The van der Waals surface area contributed by atoms with Gasteiger partial charge in [-0.3, -0.25) is 4.79 Å². The molecule has 0 spiro atoms. The molecule has 2 aromatic carbocycles. The zero-order valence-electron chi connectivity index (χ0n) is 12.7. The number of nitriles is 1. The number of benzene rings is 2. The lowest BCUT2D eigenvalue weighted by atomic mass is 9.98. The van der Waals surface area contributed by atoms with Gasteiger partial charge in [-0.25, -0.2) is 9.78 Å². The number of para-hydroxylation sites is 1. The third-order valence-corrected chi connectivity index (χ3v) is 4.62. The first-order valence-corrected chi connectivity index (χ1v) is 7.93. The van der Waals surface area contributed by atoms with Crippen LogP contribution in [0.25, 0.3) is 10.2 Å². The molecule has 1 atom stereocenters. The monoisotopic (exact) mass is 336 g/mol. The van der Waals surface area contributed by atoms with E-state index < -0.39 is 11.9 Å². The molecule has 0 amide bonds. The number of rotatable bonds is 4. The molecule has 5 nitrogen and oxygen atoms in total. The fraction of sp³-hybridized carbons (Fsp3) is 0.111. The first-order valence-electron chi connectivity index (χ1n) is 7.11. The molecule has 118 valence electrons. The van der Waals surface area contributed by atoms with E-state index in [0.29, 0.717) is 5.01 Å². The number of Topliss-reactive ketones (excluding diaryl/α,β-unsaturated/α-hetero) is 1. The number of methoxy groups -OCH3 is 1. The van der Waals surface area contributed by atoms with Crippen molar-refractivity contribution in [3.8, 4) is 6.07 Å². The topological polar surface area (TPSA) is 80.0 Å². The molecular weight excluding hydrogens is 324 g/mol. The summed E-state index contributed by atoms with van der Waals surface area (Å²) in [4.78, 5) is 28.7. The molecular formula is C18H12N2O3S. The van der Waals surface area contributed by atoms with Gasteiger partial charge < -0.3 is 4.74 Å².